The first kappa shape index (κ1) is 34.9. The normalized spacial score (nSPS) is 26.2. The van der Waals surface area contributed by atoms with Gasteiger partial charge in [0.05, 0.1) is 9.82 Å². The summed E-state index contributed by atoms with van der Waals surface area (Å²) in [5.41, 5.74) is -2.65. The van der Waals surface area contributed by atoms with Crippen LogP contribution in [0.15, 0.2) is 41.3 Å². The SMILES string of the molecule is CC(C)(C)OC(=O)NC1CCCCCCCC=C[C@@H]2C[C@@]2(C(=O)NS(=O)(=O)c2ccc([N+](=O)[O-])cc2)NC(=O)[C@@H]2CCCN2C1=O. The number of alkyl carbamates (subject to hydrolysis) is 1. The van der Waals surface area contributed by atoms with Gasteiger partial charge in [0.1, 0.15) is 23.2 Å². The number of allylic oxidation sites excluding steroid dienone is 1. The van der Waals surface area contributed by atoms with Gasteiger partial charge in [0.25, 0.3) is 21.6 Å². The Bertz CT molecular complexity index is 1470. The number of amides is 4. The maximum atomic E-state index is 13.8. The highest BCUT2D eigenvalue weighted by Gasteiger charge is 2.61. The zero-order chi connectivity index (χ0) is 33.7. The van der Waals surface area contributed by atoms with Gasteiger partial charge in [-0.2, -0.15) is 0 Å². The molecule has 15 heteroatoms. The van der Waals surface area contributed by atoms with Crippen LogP contribution in [0.2, 0.25) is 0 Å². The fraction of sp³-hybridized carbons (Fsp3) is 0.613. The second-order valence-corrected chi connectivity index (χ2v) is 14.8. The van der Waals surface area contributed by atoms with Crippen LogP contribution in [0.25, 0.3) is 0 Å². The van der Waals surface area contributed by atoms with Crippen molar-refractivity contribution in [1.82, 2.24) is 20.3 Å². The number of non-ortho nitro benzene ring substituents is 1. The number of nitrogens with one attached hydrogen (secondary N) is 3. The van der Waals surface area contributed by atoms with Gasteiger partial charge in [-0.15, -0.1) is 0 Å². The van der Waals surface area contributed by atoms with Gasteiger partial charge in [0.2, 0.25) is 11.8 Å². The first-order valence-electron chi connectivity index (χ1n) is 15.7. The van der Waals surface area contributed by atoms with E-state index in [0.717, 1.165) is 56.4 Å². The average Bonchev–Trinajstić information content (AvgIpc) is 3.43. The number of fused-ring (bicyclic) bond motifs is 2. The van der Waals surface area contributed by atoms with Crippen molar-refractivity contribution in [2.24, 2.45) is 5.92 Å². The summed E-state index contributed by atoms with van der Waals surface area (Å²) < 4.78 is 33.6. The Hall–Kier alpha value is -4.01. The maximum absolute atomic E-state index is 13.8. The van der Waals surface area contributed by atoms with E-state index in [1.807, 2.05) is 16.9 Å². The molecule has 4 rings (SSSR count). The predicted molar refractivity (Wildman–Crippen MR) is 167 cm³/mol. The molecule has 3 aliphatic rings. The Labute approximate surface area is 268 Å². The average molecular weight is 662 g/mol. The molecule has 2 aliphatic heterocycles. The molecule has 4 amide bonds. The molecule has 1 aromatic carbocycles. The number of rotatable bonds is 5. The number of nitrogens with zero attached hydrogens (tertiary/aromatic N) is 2. The minimum Gasteiger partial charge on any atom is -0.444 e. The second kappa shape index (κ2) is 14.2. The summed E-state index contributed by atoms with van der Waals surface area (Å²) in [6.45, 7) is 5.44. The van der Waals surface area contributed by atoms with E-state index >= 15 is 0 Å². The molecule has 1 saturated heterocycles. The van der Waals surface area contributed by atoms with Crippen LogP contribution >= 0.6 is 0 Å². The number of benzene rings is 1. The highest BCUT2D eigenvalue weighted by molar-refractivity contribution is 7.90. The lowest BCUT2D eigenvalue weighted by molar-refractivity contribution is -0.384. The zero-order valence-corrected chi connectivity index (χ0v) is 27.3. The predicted octanol–water partition coefficient (Wildman–Crippen LogP) is 3.46. The molecule has 0 spiro atoms. The summed E-state index contributed by atoms with van der Waals surface area (Å²) in [6.07, 6.45) is 9.46. The number of carbonyl (C=O) groups is 4. The van der Waals surface area contributed by atoms with E-state index in [-0.39, 0.29) is 23.5 Å². The van der Waals surface area contributed by atoms with Crippen molar-refractivity contribution in [2.75, 3.05) is 6.54 Å². The molecular weight excluding hydrogens is 618 g/mol. The summed E-state index contributed by atoms with van der Waals surface area (Å²) in [6, 6.07) is 2.27. The van der Waals surface area contributed by atoms with E-state index in [9.17, 15) is 37.7 Å². The Kier molecular flexibility index (Phi) is 10.7. The molecule has 1 unspecified atom stereocenters. The van der Waals surface area contributed by atoms with Gasteiger partial charge >= 0.3 is 6.09 Å². The summed E-state index contributed by atoms with van der Waals surface area (Å²) in [5.74, 6) is -2.43. The number of nitro benzene ring substituents is 1. The van der Waals surface area contributed by atoms with Crippen molar-refractivity contribution >= 4 is 39.5 Å². The van der Waals surface area contributed by atoms with Crippen LogP contribution in [-0.4, -0.2) is 71.8 Å². The molecule has 0 radical (unpaired) electrons. The van der Waals surface area contributed by atoms with E-state index < -0.39 is 67.9 Å². The van der Waals surface area contributed by atoms with Crippen LogP contribution < -0.4 is 15.4 Å². The second-order valence-electron chi connectivity index (χ2n) is 13.1. The molecule has 46 heavy (non-hydrogen) atoms. The van der Waals surface area contributed by atoms with Gasteiger partial charge in [-0.1, -0.05) is 37.8 Å². The monoisotopic (exact) mass is 661 g/mol. The van der Waals surface area contributed by atoms with Gasteiger partial charge in [-0.05, 0) is 71.4 Å². The topological polar surface area (TPSA) is 194 Å². The summed E-state index contributed by atoms with van der Waals surface area (Å²) in [7, 11) is -4.43. The molecule has 1 aromatic rings. The van der Waals surface area contributed by atoms with Crippen LogP contribution in [0.5, 0.6) is 0 Å². The summed E-state index contributed by atoms with van der Waals surface area (Å²) in [4.78, 5) is 65.2. The molecule has 3 N–H and O–H groups in total. The lowest BCUT2D eigenvalue weighted by Crippen LogP contribution is -2.58. The van der Waals surface area contributed by atoms with Gasteiger partial charge in [0, 0.05) is 24.6 Å². The van der Waals surface area contributed by atoms with Gasteiger partial charge in [0.15, 0.2) is 0 Å². The van der Waals surface area contributed by atoms with Crippen LogP contribution in [-0.2, 0) is 29.1 Å². The molecule has 0 bridgehead atoms. The van der Waals surface area contributed by atoms with E-state index in [1.54, 1.807) is 20.8 Å². The number of nitro groups is 1. The van der Waals surface area contributed by atoms with Crippen LogP contribution in [0, 0.1) is 16.0 Å². The minimum atomic E-state index is -4.43. The highest BCUT2D eigenvalue weighted by atomic mass is 32.2. The van der Waals surface area contributed by atoms with Crippen LogP contribution in [0.1, 0.15) is 85.0 Å². The number of sulfonamides is 1. The fourth-order valence-corrected chi connectivity index (χ4v) is 6.95. The quantitative estimate of drug-likeness (QED) is 0.241. The zero-order valence-electron chi connectivity index (χ0n) is 26.5. The third kappa shape index (κ3) is 8.62. The molecule has 14 nitrogen and oxygen atoms in total. The molecule has 1 saturated carbocycles. The number of carbonyl (C=O) groups excluding carboxylic acids is 4. The van der Waals surface area contributed by atoms with Gasteiger partial charge in [-0.3, -0.25) is 24.5 Å². The van der Waals surface area contributed by atoms with Crippen molar-refractivity contribution in [1.29, 1.82) is 0 Å². The Morgan fingerprint density at radius 3 is 2.39 bits per heavy atom. The Balaban J connectivity index is 1.56. The van der Waals surface area contributed by atoms with Crippen molar-refractivity contribution in [3.05, 3.63) is 46.5 Å². The van der Waals surface area contributed by atoms with Crippen molar-refractivity contribution in [3.8, 4) is 0 Å². The van der Waals surface area contributed by atoms with E-state index in [0.29, 0.717) is 25.7 Å². The summed E-state index contributed by atoms with van der Waals surface area (Å²) >= 11 is 0. The molecule has 4 atom stereocenters. The van der Waals surface area contributed by atoms with E-state index in [1.165, 1.54) is 4.90 Å². The Morgan fingerprint density at radius 2 is 1.72 bits per heavy atom. The van der Waals surface area contributed by atoms with Crippen LogP contribution in [0.3, 0.4) is 0 Å². The van der Waals surface area contributed by atoms with Crippen molar-refractivity contribution < 1.29 is 37.3 Å². The number of hydrogen-bond donors (Lipinski definition) is 3. The fourth-order valence-electron chi connectivity index (χ4n) is 5.92. The molecule has 252 valence electrons. The molecule has 2 fully saturated rings. The Morgan fingerprint density at radius 1 is 1.04 bits per heavy atom. The summed E-state index contributed by atoms with van der Waals surface area (Å²) in [5, 5.41) is 16.5. The smallest absolute Gasteiger partial charge is 0.408 e. The number of hydrogen-bond acceptors (Lipinski definition) is 9. The van der Waals surface area contributed by atoms with Gasteiger partial charge < -0.3 is 20.3 Å². The van der Waals surface area contributed by atoms with Crippen LogP contribution in [0.4, 0.5) is 10.5 Å². The lowest BCUT2D eigenvalue weighted by atomic mass is 10.0. The molecule has 1 aliphatic carbocycles. The third-order valence-corrected chi connectivity index (χ3v) is 9.76. The third-order valence-electron chi connectivity index (χ3n) is 8.41. The van der Waals surface area contributed by atoms with E-state index in [4.69, 9.17) is 4.74 Å². The minimum absolute atomic E-state index is 0.153. The largest absolute Gasteiger partial charge is 0.444 e. The van der Waals surface area contributed by atoms with Gasteiger partial charge in [-0.25, -0.2) is 17.9 Å². The first-order chi connectivity index (χ1) is 21.6. The first-order valence-corrected chi connectivity index (χ1v) is 17.2. The maximum Gasteiger partial charge on any atom is 0.408 e. The standard InChI is InChI=1S/C31H43N5O9S/c1-30(2,3)45-29(40)32-24-13-10-8-6-4-5-7-9-12-21-20-31(21,33-26(37)25-14-11-19-35(25)27(24)38)28(39)34-46(43,44)23-17-15-22(16-18-23)36(41)42/h9,12,15-18,21,24-25H,4-8,10-11,13-14,19-20H2,1-3H3,(H,32,40)(H,33,37)(H,34,39)/t21-,24?,25+,31-/m1/s1. The highest BCUT2D eigenvalue weighted by Crippen LogP contribution is 2.45. The van der Waals surface area contributed by atoms with E-state index in [2.05, 4.69) is 10.6 Å². The lowest BCUT2D eigenvalue weighted by Gasteiger charge is -2.30. The van der Waals surface area contributed by atoms with Crippen molar-refractivity contribution in [2.45, 2.75) is 113 Å². The van der Waals surface area contributed by atoms with Crippen molar-refractivity contribution in [3.63, 3.8) is 0 Å². The molecular formula is C31H43N5O9S. The number of ether oxygens (including phenoxy) is 1. The molecule has 0 aromatic heterocycles. The molecule has 2 heterocycles.